The van der Waals surface area contributed by atoms with E-state index in [0.29, 0.717) is 6.73 Å². The summed E-state index contributed by atoms with van der Waals surface area (Å²) in [5.41, 5.74) is 3.23. The molecule has 2 aliphatic rings. The van der Waals surface area contributed by atoms with Gasteiger partial charge in [-0.1, -0.05) is 6.58 Å². The maximum Gasteiger partial charge on any atom is 0.331 e. The largest absolute Gasteiger partial charge is 0.441 e. The lowest BCUT2D eigenvalue weighted by atomic mass is 9.76. The Morgan fingerprint density at radius 2 is 1.83 bits per heavy atom. The van der Waals surface area contributed by atoms with Gasteiger partial charge < -0.3 is 9.64 Å². The van der Waals surface area contributed by atoms with Gasteiger partial charge in [-0.05, 0) is 72.4 Å². The quantitative estimate of drug-likeness (QED) is 0.586. The minimum absolute atomic E-state index is 0.144. The van der Waals surface area contributed by atoms with Gasteiger partial charge in [0.1, 0.15) is 0 Å². The lowest BCUT2D eigenvalue weighted by Gasteiger charge is -2.53. The molecule has 0 bridgehead atoms. The second-order valence-corrected chi connectivity index (χ2v) is 8.10. The molecular formula is C19H32N2O2. The standard InChI is InChI=1S/C19H32N2O2/c1-7-17(22)23-14-21-11-9-8-10-16(21)15-12-18(2,3)20(6)19(4,5)13-15/h7H,1,8-14H2,2-6H3. The zero-order chi connectivity index (χ0) is 17.3. The molecule has 4 nitrogen and oxygen atoms in total. The van der Waals surface area contributed by atoms with Crippen molar-refractivity contribution in [2.24, 2.45) is 0 Å². The van der Waals surface area contributed by atoms with Gasteiger partial charge >= 0.3 is 5.97 Å². The summed E-state index contributed by atoms with van der Waals surface area (Å²) in [5.74, 6) is -0.344. The minimum Gasteiger partial charge on any atom is -0.441 e. The van der Waals surface area contributed by atoms with Crippen molar-refractivity contribution in [3.05, 3.63) is 23.9 Å². The first-order chi connectivity index (χ1) is 10.7. The van der Waals surface area contributed by atoms with Crippen molar-refractivity contribution in [2.45, 2.75) is 70.9 Å². The number of nitrogens with zero attached hydrogens (tertiary/aromatic N) is 2. The van der Waals surface area contributed by atoms with E-state index in [9.17, 15) is 4.79 Å². The van der Waals surface area contributed by atoms with Crippen LogP contribution in [0.5, 0.6) is 0 Å². The van der Waals surface area contributed by atoms with Crippen molar-refractivity contribution >= 4 is 5.97 Å². The van der Waals surface area contributed by atoms with Crippen molar-refractivity contribution in [1.29, 1.82) is 0 Å². The van der Waals surface area contributed by atoms with Crippen LogP contribution < -0.4 is 0 Å². The normalized spacial score (nSPS) is 24.5. The smallest absolute Gasteiger partial charge is 0.331 e. The molecular weight excluding hydrogens is 288 g/mol. The van der Waals surface area contributed by atoms with Crippen molar-refractivity contribution in [1.82, 2.24) is 9.80 Å². The first kappa shape index (κ1) is 18.1. The molecule has 0 aromatic rings. The summed E-state index contributed by atoms with van der Waals surface area (Å²) in [5, 5.41) is 0. The molecule has 0 aliphatic carbocycles. The van der Waals surface area contributed by atoms with Crippen LogP contribution in [0.4, 0.5) is 0 Å². The molecule has 4 heteroatoms. The Balaban J connectivity index is 2.25. The van der Waals surface area contributed by atoms with Crippen LogP contribution in [0.25, 0.3) is 0 Å². The van der Waals surface area contributed by atoms with Crippen LogP contribution in [-0.2, 0) is 9.53 Å². The fourth-order valence-electron chi connectivity index (χ4n) is 4.00. The monoisotopic (exact) mass is 320 g/mol. The number of likely N-dealkylation sites (tertiary alicyclic amines) is 2. The van der Waals surface area contributed by atoms with Crippen molar-refractivity contribution in [3.63, 3.8) is 0 Å². The van der Waals surface area contributed by atoms with Gasteiger partial charge in [0.2, 0.25) is 0 Å². The molecule has 0 aromatic heterocycles. The Kier molecular flexibility index (Phi) is 5.24. The topological polar surface area (TPSA) is 32.8 Å². The lowest BCUT2D eigenvalue weighted by Crippen LogP contribution is -2.57. The van der Waals surface area contributed by atoms with E-state index in [1.807, 2.05) is 0 Å². The lowest BCUT2D eigenvalue weighted by molar-refractivity contribution is -0.142. The molecule has 2 saturated heterocycles. The Morgan fingerprint density at radius 3 is 2.39 bits per heavy atom. The highest BCUT2D eigenvalue weighted by Crippen LogP contribution is 2.42. The molecule has 0 saturated carbocycles. The van der Waals surface area contributed by atoms with Crippen LogP contribution in [-0.4, -0.2) is 47.2 Å². The second-order valence-electron chi connectivity index (χ2n) is 8.10. The average molecular weight is 320 g/mol. The molecule has 2 aliphatic heterocycles. The molecule has 0 radical (unpaired) electrons. The summed E-state index contributed by atoms with van der Waals surface area (Å²) in [7, 11) is 2.23. The molecule has 2 rings (SSSR count). The third kappa shape index (κ3) is 3.97. The molecule has 0 spiro atoms. The highest BCUT2D eigenvalue weighted by Gasteiger charge is 2.42. The number of hydrogen-bond donors (Lipinski definition) is 0. The fraction of sp³-hybridized carbons (Fsp3) is 0.737. The first-order valence-corrected chi connectivity index (χ1v) is 8.66. The van der Waals surface area contributed by atoms with E-state index in [1.165, 1.54) is 23.8 Å². The summed E-state index contributed by atoms with van der Waals surface area (Å²) in [4.78, 5) is 16.2. The van der Waals surface area contributed by atoms with Crippen molar-refractivity contribution in [2.75, 3.05) is 20.3 Å². The molecule has 0 unspecified atom stereocenters. The highest BCUT2D eigenvalue weighted by atomic mass is 16.5. The van der Waals surface area contributed by atoms with E-state index in [1.54, 1.807) is 0 Å². The number of allylic oxidation sites excluding steroid dienone is 1. The van der Waals surface area contributed by atoms with E-state index in [-0.39, 0.29) is 17.0 Å². The van der Waals surface area contributed by atoms with E-state index >= 15 is 0 Å². The number of ether oxygens (including phenoxy) is 1. The average Bonchev–Trinajstić information content (AvgIpc) is 2.49. The maximum atomic E-state index is 11.4. The summed E-state index contributed by atoms with van der Waals surface area (Å²) in [6.45, 7) is 14.1. The Morgan fingerprint density at radius 1 is 1.22 bits per heavy atom. The minimum atomic E-state index is -0.344. The summed E-state index contributed by atoms with van der Waals surface area (Å²) >= 11 is 0. The van der Waals surface area contributed by atoms with Gasteiger partial charge in [-0.25, -0.2) is 4.79 Å². The third-order valence-corrected chi connectivity index (χ3v) is 5.52. The zero-order valence-electron chi connectivity index (χ0n) is 15.4. The Hall–Kier alpha value is -1.29. The maximum absolute atomic E-state index is 11.4. The van der Waals surface area contributed by atoms with Crippen LogP contribution in [0.15, 0.2) is 23.9 Å². The van der Waals surface area contributed by atoms with Crippen LogP contribution >= 0.6 is 0 Å². The van der Waals surface area contributed by atoms with Crippen LogP contribution in [0.1, 0.15) is 59.8 Å². The summed E-state index contributed by atoms with van der Waals surface area (Å²) in [6, 6.07) is 0. The van der Waals surface area contributed by atoms with E-state index in [4.69, 9.17) is 4.74 Å². The van der Waals surface area contributed by atoms with Crippen molar-refractivity contribution < 1.29 is 9.53 Å². The molecule has 0 aromatic carbocycles. The van der Waals surface area contributed by atoms with Gasteiger partial charge in [-0.3, -0.25) is 4.90 Å². The summed E-state index contributed by atoms with van der Waals surface area (Å²) < 4.78 is 5.30. The third-order valence-electron chi connectivity index (χ3n) is 5.52. The number of rotatable bonds is 3. The molecule has 0 N–H and O–H groups in total. The number of carbonyl (C=O) groups excluding carboxylic acids is 1. The van der Waals surface area contributed by atoms with Crippen LogP contribution in [0.2, 0.25) is 0 Å². The predicted octanol–water partition coefficient (Wildman–Crippen LogP) is 3.70. The molecule has 130 valence electrons. The van der Waals surface area contributed by atoms with E-state index in [0.717, 1.165) is 32.2 Å². The molecule has 0 atom stereocenters. The first-order valence-electron chi connectivity index (χ1n) is 8.66. The molecule has 23 heavy (non-hydrogen) atoms. The summed E-state index contributed by atoms with van der Waals surface area (Å²) in [6.07, 6.45) is 6.87. The van der Waals surface area contributed by atoms with Gasteiger partial charge in [0.25, 0.3) is 0 Å². The molecule has 2 fully saturated rings. The van der Waals surface area contributed by atoms with Gasteiger partial charge in [0.05, 0.1) is 0 Å². The Labute approximate surface area is 141 Å². The second kappa shape index (κ2) is 6.68. The highest BCUT2D eigenvalue weighted by molar-refractivity contribution is 5.81. The van der Waals surface area contributed by atoms with Gasteiger partial charge in [-0.15, -0.1) is 0 Å². The van der Waals surface area contributed by atoms with Gasteiger partial charge in [0.15, 0.2) is 6.73 Å². The number of piperidine rings is 2. The predicted molar refractivity (Wildman–Crippen MR) is 93.9 cm³/mol. The van der Waals surface area contributed by atoms with Crippen LogP contribution in [0, 0.1) is 0 Å². The van der Waals surface area contributed by atoms with Crippen LogP contribution in [0.3, 0.4) is 0 Å². The van der Waals surface area contributed by atoms with E-state index < -0.39 is 0 Å². The number of esters is 1. The number of carbonyl (C=O) groups is 1. The van der Waals surface area contributed by atoms with Crippen molar-refractivity contribution in [3.8, 4) is 0 Å². The van der Waals surface area contributed by atoms with Gasteiger partial charge in [0, 0.05) is 29.4 Å². The fourth-order valence-corrected chi connectivity index (χ4v) is 4.00. The molecule has 0 amide bonds. The SMILES string of the molecule is C=CC(=O)OCN1CCCCC1=C1CC(C)(C)N(C)C(C)(C)C1. The Bertz CT molecular complexity index is 485. The zero-order valence-corrected chi connectivity index (χ0v) is 15.4. The molecule has 2 heterocycles. The van der Waals surface area contributed by atoms with Gasteiger partial charge in [-0.2, -0.15) is 0 Å². The van der Waals surface area contributed by atoms with E-state index in [2.05, 4.69) is 51.1 Å². The number of hydrogen-bond acceptors (Lipinski definition) is 4.